The first-order valence-corrected chi connectivity index (χ1v) is 5.87. The number of aromatic nitrogens is 4. The zero-order valence-corrected chi connectivity index (χ0v) is 11.2. The van der Waals surface area contributed by atoms with Crippen LogP contribution in [0.2, 0.25) is 0 Å². The molecule has 1 N–H and O–H groups in total. The highest BCUT2D eigenvalue weighted by atomic mass is 19.4. The molecule has 0 bridgehead atoms. The lowest BCUT2D eigenvalue weighted by Gasteiger charge is -2.16. The first kappa shape index (κ1) is 14.5. The van der Waals surface area contributed by atoms with Gasteiger partial charge in [0.25, 0.3) is 0 Å². The van der Waals surface area contributed by atoms with Crippen LogP contribution < -0.4 is 5.32 Å². The van der Waals surface area contributed by atoms with Crippen molar-refractivity contribution in [1.82, 2.24) is 19.7 Å². The minimum Gasteiger partial charge on any atom is -0.372 e. The van der Waals surface area contributed by atoms with Crippen molar-refractivity contribution in [3.63, 3.8) is 0 Å². The molecule has 6 nitrogen and oxygen atoms in total. The van der Waals surface area contributed by atoms with Crippen molar-refractivity contribution in [3.8, 4) is 0 Å². The Labute approximate surface area is 113 Å². The smallest absolute Gasteiger partial charge is 0.372 e. The first-order chi connectivity index (χ1) is 9.32. The van der Waals surface area contributed by atoms with Crippen LogP contribution in [0, 0.1) is 0 Å². The van der Waals surface area contributed by atoms with Crippen LogP contribution in [-0.2, 0) is 18.4 Å². The summed E-state index contributed by atoms with van der Waals surface area (Å²) in [5.74, 6) is 0.669. The van der Waals surface area contributed by atoms with Gasteiger partial charge in [-0.15, -0.1) is 0 Å². The second-order valence-electron chi connectivity index (χ2n) is 4.24. The molecule has 0 spiro atoms. The predicted octanol–water partition coefficient (Wildman–Crippen LogP) is 1.87. The van der Waals surface area contributed by atoms with Gasteiger partial charge in [0.15, 0.2) is 17.6 Å². The molecular formula is C11H14F3N5O. The van der Waals surface area contributed by atoms with E-state index in [1.165, 1.54) is 4.68 Å². The van der Waals surface area contributed by atoms with Gasteiger partial charge in [0.2, 0.25) is 0 Å². The maximum Gasteiger partial charge on any atom is 0.414 e. The van der Waals surface area contributed by atoms with Gasteiger partial charge in [-0.1, -0.05) is 0 Å². The van der Waals surface area contributed by atoms with Crippen molar-refractivity contribution in [2.45, 2.75) is 25.8 Å². The zero-order valence-electron chi connectivity index (χ0n) is 11.2. The molecule has 2 aromatic heterocycles. The largest absolute Gasteiger partial charge is 0.414 e. The monoisotopic (exact) mass is 289 g/mol. The number of hydrogen-bond donors (Lipinski definition) is 1. The van der Waals surface area contributed by atoms with Crippen LogP contribution in [0.4, 0.5) is 19.0 Å². The molecule has 0 aromatic carbocycles. The SMILES string of the molecule is CNc1nc(COC(C)C(F)(F)F)nc2c1cnn2C. The predicted molar refractivity (Wildman–Crippen MR) is 66.2 cm³/mol. The fourth-order valence-electron chi connectivity index (χ4n) is 1.62. The van der Waals surface area contributed by atoms with E-state index in [0.29, 0.717) is 16.9 Å². The Morgan fingerprint density at radius 3 is 2.70 bits per heavy atom. The van der Waals surface area contributed by atoms with Gasteiger partial charge >= 0.3 is 6.18 Å². The molecule has 0 aliphatic heterocycles. The Kier molecular flexibility index (Phi) is 3.80. The summed E-state index contributed by atoms with van der Waals surface area (Å²) in [5.41, 5.74) is 0.530. The van der Waals surface area contributed by atoms with Crippen molar-refractivity contribution in [3.05, 3.63) is 12.0 Å². The summed E-state index contributed by atoms with van der Waals surface area (Å²) in [5, 5.41) is 7.59. The Bertz CT molecular complexity index is 610. The number of hydrogen-bond acceptors (Lipinski definition) is 5. The number of nitrogens with one attached hydrogen (secondary N) is 1. The van der Waals surface area contributed by atoms with E-state index >= 15 is 0 Å². The summed E-state index contributed by atoms with van der Waals surface area (Å²) in [6.07, 6.45) is -4.68. The third-order valence-corrected chi connectivity index (χ3v) is 2.80. The average Bonchev–Trinajstić information content (AvgIpc) is 2.76. The summed E-state index contributed by atoms with van der Waals surface area (Å²) in [6, 6.07) is 0. The Balaban J connectivity index is 2.24. The van der Waals surface area contributed by atoms with Gasteiger partial charge in [0.05, 0.1) is 11.6 Å². The summed E-state index contributed by atoms with van der Waals surface area (Å²) in [4.78, 5) is 8.27. The third kappa shape index (κ3) is 2.82. The maximum atomic E-state index is 12.4. The van der Waals surface area contributed by atoms with E-state index in [0.717, 1.165) is 6.92 Å². The second kappa shape index (κ2) is 5.23. The van der Waals surface area contributed by atoms with Gasteiger partial charge < -0.3 is 10.1 Å². The molecule has 110 valence electrons. The highest BCUT2D eigenvalue weighted by Gasteiger charge is 2.37. The van der Waals surface area contributed by atoms with Gasteiger partial charge in [-0.3, -0.25) is 4.68 Å². The molecule has 1 unspecified atom stereocenters. The Morgan fingerprint density at radius 1 is 1.40 bits per heavy atom. The number of fused-ring (bicyclic) bond motifs is 1. The summed E-state index contributed by atoms with van der Waals surface area (Å²) in [7, 11) is 3.36. The van der Waals surface area contributed by atoms with E-state index < -0.39 is 12.3 Å². The van der Waals surface area contributed by atoms with Crippen molar-refractivity contribution < 1.29 is 17.9 Å². The van der Waals surface area contributed by atoms with Crippen molar-refractivity contribution in [2.75, 3.05) is 12.4 Å². The van der Waals surface area contributed by atoms with E-state index in [9.17, 15) is 13.2 Å². The van der Waals surface area contributed by atoms with Crippen LogP contribution in [-0.4, -0.2) is 39.1 Å². The molecule has 1 atom stereocenters. The van der Waals surface area contributed by atoms with Crippen LogP contribution in [0.25, 0.3) is 11.0 Å². The van der Waals surface area contributed by atoms with Crippen LogP contribution in [0.3, 0.4) is 0 Å². The standard InChI is InChI=1S/C11H14F3N5O/c1-6(11(12,13)14)20-5-8-17-9(15-2)7-4-16-19(3)10(7)18-8/h4,6H,5H2,1-3H3,(H,15,17,18). The van der Waals surface area contributed by atoms with Crippen LogP contribution >= 0.6 is 0 Å². The molecule has 2 aromatic rings. The molecule has 2 heterocycles. The maximum absolute atomic E-state index is 12.4. The molecule has 0 amide bonds. The van der Waals surface area contributed by atoms with E-state index in [4.69, 9.17) is 4.74 Å². The lowest BCUT2D eigenvalue weighted by atomic mass is 10.3. The van der Waals surface area contributed by atoms with Gasteiger partial charge in [0, 0.05) is 14.1 Å². The van der Waals surface area contributed by atoms with Crippen LogP contribution in [0.1, 0.15) is 12.7 Å². The van der Waals surface area contributed by atoms with Crippen molar-refractivity contribution >= 4 is 16.9 Å². The highest BCUT2D eigenvalue weighted by Crippen LogP contribution is 2.24. The minimum atomic E-state index is -4.40. The van der Waals surface area contributed by atoms with Gasteiger partial charge in [-0.25, -0.2) is 9.97 Å². The number of rotatable bonds is 4. The lowest BCUT2D eigenvalue weighted by Crippen LogP contribution is -2.28. The molecule has 0 radical (unpaired) electrons. The van der Waals surface area contributed by atoms with Crippen LogP contribution in [0.15, 0.2) is 6.20 Å². The Morgan fingerprint density at radius 2 is 2.10 bits per heavy atom. The summed E-state index contributed by atoms with van der Waals surface area (Å²) < 4.78 is 43.4. The number of anilines is 1. The molecule has 20 heavy (non-hydrogen) atoms. The molecule has 0 saturated heterocycles. The van der Waals surface area contributed by atoms with Crippen LogP contribution in [0.5, 0.6) is 0 Å². The molecule has 0 saturated carbocycles. The minimum absolute atomic E-state index is 0.168. The molecule has 9 heteroatoms. The molecular weight excluding hydrogens is 275 g/mol. The number of halogens is 3. The topological polar surface area (TPSA) is 64.9 Å². The highest BCUT2D eigenvalue weighted by molar-refractivity contribution is 5.86. The molecule has 0 fully saturated rings. The molecule has 0 aliphatic rings. The van der Waals surface area contributed by atoms with Crippen molar-refractivity contribution in [2.24, 2.45) is 7.05 Å². The summed E-state index contributed by atoms with van der Waals surface area (Å²) >= 11 is 0. The van der Waals surface area contributed by atoms with Gasteiger partial charge in [-0.2, -0.15) is 18.3 Å². The van der Waals surface area contributed by atoms with E-state index in [-0.39, 0.29) is 12.4 Å². The average molecular weight is 289 g/mol. The fourth-order valence-corrected chi connectivity index (χ4v) is 1.62. The van der Waals surface area contributed by atoms with E-state index in [1.807, 2.05) is 0 Å². The van der Waals surface area contributed by atoms with Crippen molar-refractivity contribution in [1.29, 1.82) is 0 Å². The normalized spacial score (nSPS) is 13.7. The first-order valence-electron chi connectivity index (χ1n) is 5.87. The lowest BCUT2D eigenvalue weighted by molar-refractivity contribution is -0.217. The number of aryl methyl sites for hydroxylation is 1. The second-order valence-corrected chi connectivity index (χ2v) is 4.24. The van der Waals surface area contributed by atoms with E-state index in [1.54, 1.807) is 20.3 Å². The number of alkyl halides is 3. The molecule has 0 aliphatic carbocycles. The van der Waals surface area contributed by atoms with Gasteiger partial charge in [-0.05, 0) is 6.92 Å². The molecule has 2 rings (SSSR count). The quantitative estimate of drug-likeness (QED) is 0.931. The number of ether oxygens (including phenoxy) is 1. The third-order valence-electron chi connectivity index (χ3n) is 2.80. The summed E-state index contributed by atoms with van der Waals surface area (Å²) in [6.45, 7) is 0.623. The van der Waals surface area contributed by atoms with Gasteiger partial charge in [0.1, 0.15) is 12.4 Å². The zero-order chi connectivity index (χ0) is 14.9. The fraction of sp³-hybridized carbons (Fsp3) is 0.545. The number of nitrogens with zero attached hydrogens (tertiary/aromatic N) is 4. The van der Waals surface area contributed by atoms with E-state index in [2.05, 4.69) is 20.4 Å². The Hall–Kier alpha value is -1.90.